The molecular formula is C21H23ClN2O3. The minimum absolute atomic E-state index is 0.169. The summed E-state index contributed by atoms with van der Waals surface area (Å²) >= 11 is 5.92. The van der Waals surface area contributed by atoms with Crippen molar-refractivity contribution in [3.8, 4) is 5.75 Å². The zero-order chi connectivity index (χ0) is 19.2. The van der Waals surface area contributed by atoms with Crippen molar-refractivity contribution in [2.24, 2.45) is 0 Å². The first kappa shape index (κ1) is 19.2. The van der Waals surface area contributed by atoms with Gasteiger partial charge in [0.15, 0.2) is 0 Å². The lowest BCUT2D eigenvalue weighted by atomic mass is 10.2. The predicted octanol–water partition coefficient (Wildman–Crippen LogP) is 4.92. The van der Waals surface area contributed by atoms with E-state index in [-0.39, 0.29) is 5.97 Å². The first-order valence-electron chi connectivity index (χ1n) is 9.07. The van der Waals surface area contributed by atoms with Crippen LogP contribution in [0.15, 0.2) is 42.5 Å². The van der Waals surface area contributed by atoms with Crippen LogP contribution in [0.25, 0.3) is 11.0 Å². The molecule has 0 aliphatic carbocycles. The maximum absolute atomic E-state index is 11.6. The third-order valence-electron chi connectivity index (χ3n) is 4.31. The number of rotatable bonds is 8. The summed E-state index contributed by atoms with van der Waals surface area (Å²) in [5.74, 6) is 1.40. The second kappa shape index (κ2) is 8.91. The normalized spacial score (nSPS) is 10.9. The zero-order valence-corrected chi connectivity index (χ0v) is 16.3. The SMILES string of the molecule is CCOC(=O)CCCn1c(COc2ccc(Cl)cc2)nc2c(C)cccc21. The molecule has 0 aliphatic heterocycles. The van der Waals surface area contributed by atoms with Crippen molar-refractivity contribution in [3.63, 3.8) is 0 Å². The molecule has 27 heavy (non-hydrogen) atoms. The Morgan fingerprint density at radius 1 is 1.19 bits per heavy atom. The molecule has 0 spiro atoms. The summed E-state index contributed by atoms with van der Waals surface area (Å²) in [6.07, 6.45) is 1.07. The van der Waals surface area contributed by atoms with E-state index < -0.39 is 0 Å². The van der Waals surface area contributed by atoms with Gasteiger partial charge in [0, 0.05) is 18.0 Å². The smallest absolute Gasteiger partial charge is 0.305 e. The van der Waals surface area contributed by atoms with E-state index in [1.165, 1.54) is 0 Å². The molecular weight excluding hydrogens is 364 g/mol. The Kier molecular flexibility index (Phi) is 6.35. The number of esters is 1. The molecule has 0 fully saturated rings. The van der Waals surface area contributed by atoms with Gasteiger partial charge in [0.1, 0.15) is 18.2 Å². The van der Waals surface area contributed by atoms with Crippen molar-refractivity contribution in [1.82, 2.24) is 9.55 Å². The molecule has 2 aromatic carbocycles. The van der Waals surface area contributed by atoms with Crippen LogP contribution in [0.1, 0.15) is 31.2 Å². The van der Waals surface area contributed by atoms with Gasteiger partial charge in [-0.3, -0.25) is 4.79 Å². The summed E-state index contributed by atoms with van der Waals surface area (Å²) in [4.78, 5) is 16.4. The molecule has 0 aliphatic rings. The summed E-state index contributed by atoms with van der Waals surface area (Å²) < 4.78 is 13.0. The molecule has 0 unspecified atom stereocenters. The molecule has 0 bridgehead atoms. The fourth-order valence-corrected chi connectivity index (χ4v) is 3.11. The largest absolute Gasteiger partial charge is 0.486 e. The van der Waals surface area contributed by atoms with Gasteiger partial charge in [0.05, 0.1) is 17.6 Å². The van der Waals surface area contributed by atoms with Crippen molar-refractivity contribution in [3.05, 3.63) is 58.9 Å². The summed E-state index contributed by atoms with van der Waals surface area (Å²) in [5.41, 5.74) is 3.13. The van der Waals surface area contributed by atoms with Crippen molar-refractivity contribution in [1.29, 1.82) is 0 Å². The number of benzene rings is 2. The Bertz CT molecular complexity index is 919. The molecule has 3 rings (SSSR count). The number of nitrogens with zero attached hydrogens (tertiary/aromatic N) is 2. The standard InChI is InChI=1S/C21H23ClN2O3/c1-3-26-20(25)8-5-13-24-18-7-4-6-15(2)21(18)23-19(24)14-27-17-11-9-16(22)10-12-17/h4,6-7,9-12H,3,5,8,13-14H2,1-2H3. The number of imidazole rings is 1. The zero-order valence-electron chi connectivity index (χ0n) is 15.6. The number of aryl methyl sites for hydroxylation is 2. The Morgan fingerprint density at radius 3 is 2.70 bits per heavy atom. The van der Waals surface area contributed by atoms with E-state index in [1.54, 1.807) is 12.1 Å². The molecule has 5 nitrogen and oxygen atoms in total. The number of fused-ring (bicyclic) bond motifs is 1. The fourth-order valence-electron chi connectivity index (χ4n) is 2.99. The molecule has 0 N–H and O–H groups in total. The lowest BCUT2D eigenvalue weighted by molar-refractivity contribution is -0.143. The first-order valence-corrected chi connectivity index (χ1v) is 9.45. The van der Waals surface area contributed by atoms with Gasteiger partial charge in [0.2, 0.25) is 0 Å². The molecule has 1 aromatic heterocycles. The second-order valence-corrected chi connectivity index (χ2v) is 6.71. The number of para-hydroxylation sites is 1. The van der Waals surface area contributed by atoms with Gasteiger partial charge in [-0.15, -0.1) is 0 Å². The van der Waals surface area contributed by atoms with Gasteiger partial charge in [-0.1, -0.05) is 23.7 Å². The molecule has 0 radical (unpaired) electrons. The molecule has 3 aromatic rings. The fraction of sp³-hybridized carbons (Fsp3) is 0.333. The topological polar surface area (TPSA) is 53.4 Å². The Morgan fingerprint density at radius 2 is 1.96 bits per heavy atom. The maximum Gasteiger partial charge on any atom is 0.305 e. The van der Waals surface area contributed by atoms with Crippen molar-refractivity contribution in [2.75, 3.05) is 6.61 Å². The molecule has 6 heteroatoms. The predicted molar refractivity (Wildman–Crippen MR) is 106 cm³/mol. The number of carbonyl (C=O) groups excluding carboxylic acids is 1. The van der Waals surface area contributed by atoms with Crippen molar-refractivity contribution >= 4 is 28.6 Å². The molecule has 0 saturated carbocycles. The van der Waals surface area contributed by atoms with E-state index >= 15 is 0 Å². The van der Waals surface area contributed by atoms with E-state index in [0.717, 1.165) is 28.2 Å². The number of hydrogen-bond acceptors (Lipinski definition) is 4. The van der Waals surface area contributed by atoms with Crippen LogP contribution >= 0.6 is 11.6 Å². The Labute approximate surface area is 163 Å². The molecule has 0 amide bonds. The molecule has 1 heterocycles. The average molecular weight is 387 g/mol. The summed E-state index contributed by atoms with van der Waals surface area (Å²) in [6.45, 7) is 5.29. The second-order valence-electron chi connectivity index (χ2n) is 6.27. The first-order chi connectivity index (χ1) is 13.1. The highest BCUT2D eigenvalue weighted by Crippen LogP contribution is 2.22. The minimum atomic E-state index is -0.169. The highest BCUT2D eigenvalue weighted by atomic mass is 35.5. The Hall–Kier alpha value is -2.53. The Balaban J connectivity index is 1.78. The number of carbonyl (C=O) groups is 1. The number of aromatic nitrogens is 2. The van der Waals surface area contributed by atoms with E-state index in [0.29, 0.717) is 37.6 Å². The van der Waals surface area contributed by atoms with Crippen LogP contribution in [0.3, 0.4) is 0 Å². The summed E-state index contributed by atoms with van der Waals surface area (Å²) in [7, 11) is 0. The van der Waals surface area contributed by atoms with E-state index in [4.69, 9.17) is 26.1 Å². The van der Waals surface area contributed by atoms with E-state index in [2.05, 4.69) is 4.57 Å². The lowest BCUT2D eigenvalue weighted by Gasteiger charge is -2.10. The number of hydrogen-bond donors (Lipinski definition) is 0. The van der Waals surface area contributed by atoms with E-state index in [9.17, 15) is 4.79 Å². The van der Waals surface area contributed by atoms with Crippen LogP contribution in [-0.2, 0) is 22.7 Å². The number of halogens is 1. The quantitative estimate of drug-likeness (QED) is 0.515. The monoisotopic (exact) mass is 386 g/mol. The highest BCUT2D eigenvalue weighted by molar-refractivity contribution is 6.30. The summed E-state index contributed by atoms with van der Waals surface area (Å²) in [6, 6.07) is 13.4. The van der Waals surface area contributed by atoms with Crippen LogP contribution in [0, 0.1) is 6.92 Å². The van der Waals surface area contributed by atoms with Gasteiger partial charge in [-0.2, -0.15) is 0 Å². The van der Waals surface area contributed by atoms with Gasteiger partial charge >= 0.3 is 5.97 Å². The van der Waals surface area contributed by atoms with E-state index in [1.807, 2.05) is 44.2 Å². The third kappa shape index (κ3) is 4.80. The van der Waals surface area contributed by atoms with Crippen molar-refractivity contribution in [2.45, 2.75) is 39.8 Å². The van der Waals surface area contributed by atoms with Crippen molar-refractivity contribution < 1.29 is 14.3 Å². The third-order valence-corrected chi connectivity index (χ3v) is 4.56. The summed E-state index contributed by atoms with van der Waals surface area (Å²) in [5, 5.41) is 0.671. The van der Waals surface area contributed by atoms with Gasteiger partial charge in [-0.25, -0.2) is 4.98 Å². The maximum atomic E-state index is 11.6. The average Bonchev–Trinajstić information content (AvgIpc) is 3.01. The van der Waals surface area contributed by atoms with Gasteiger partial charge in [0.25, 0.3) is 0 Å². The van der Waals surface area contributed by atoms with Crippen LogP contribution in [0.2, 0.25) is 5.02 Å². The van der Waals surface area contributed by atoms with Crippen LogP contribution in [0.4, 0.5) is 0 Å². The lowest BCUT2D eigenvalue weighted by Crippen LogP contribution is -2.10. The molecule has 0 atom stereocenters. The highest BCUT2D eigenvalue weighted by Gasteiger charge is 2.13. The minimum Gasteiger partial charge on any atom is -0.486 e. The number of ether oxygens (including phenoxy) is 2. The van der Waals surface area contributed by atoms with Crippen LogP contribution in [-0.4, -0.2) is 22.1 Å². The van der Waals surface area contributed by atoms with Crippen LogP contribution in [0.5, 0.6) is 5.75 Å². The molecule has 0 saturated heterocycles. The van der Waals surface area contributed by atoms with Gasteiger partial charge < -0.3 is 14.0 Å². The molecule has 142 valence electrons. The van der Waals surface area contributed by atoms with Crippen LogP contribution < -0.4 is 4.74 Å². The van der Waals surface area contributed by atoms with Gasteiger partial charge in [-0.05, 0) is 56.2 Å².